The smallest absolute Gasteiger partial charge is 0.306 e. The van der Waals surface area contributed by atoms with Gasteiger partial charge in [-0.05, 0) is 25.8 Å². The van der Waals surface area contributed by atoms with Crippen LogP contribution in [0.15, 0.2) is 24.3 Å². The topological polar surface area (TPSA) is 92.7 Å². The van der Waals surface area contributed by atoms with Gasteiger partial charge in [0.25, 0.3) is 0 Å². The highest BCUT2D eigenvalue weighted by molar-refractivity contribution is 9.10. The number of carbonyl (C=O) groups excluding carboxylic acids is 2. The fraction of sp³-hybridized carbons (Fsp3) is 0.438. The fourth-order valence-electron chi connectivity index (χ4n) is 1.78. The van der Waals surface area contributed by atoms with E-state index in [4.69, 9.17) is 9.84 Å². The molecule has 6 nitrogen and oxygen atoms in total. The standard InChI is InChI=1S/C16H20BrNO5/c1-11(17)16(22)18-13-7-3-2-6-12(13)10-23-15(21)9-5-4-8-14(19)20/h2-3,6-7,11H,4-5,8-10H2,1H3,(H,18,22)(H,19,20). The molecule has 0 saturated heterocycles. The third kappa shape index (κ3) is 7.78. The summed E-state index contributed by atoms with van der Waals surface area (Å²) in [6, 6.07) is 7.09. The Morgan fingerprint density at radius 1 is 1.22 bits per heavy atom. The largest absolute Gasteiger partial charge is 0.481 e. The van der Waals surface area contributed by atoms with E-state index in [9.17, 15) is 14.4 Å². The van der Waals surface area contributed by atoms with E-state index in [1.165, 1.54) is 0 Å². The molecule has 0 aliphatic carbocycles. The van der Waals surface area contributed by atoms with Crippen LogP contribution < -0.4 is 5.32 Å². The van der Waals surface area contributed by atoms with Gasteiger partial charge in [-0.1, -0.05) is 34.1 Å². The molecule has 1 unspecified atom stereocenters. The van der Waals surface area contributed by atoms with E-state index in [2.05, 4.69) is 21.2 Å². The lowest BCUT2D eigenvalue weighted by molar-refractivity contribution is -0.145. The van der Waals surface area contributed by atoms with Gasteiger partial charge in [0.15, 0.2) is 0 Å². The van der Waals surface area contributed by atoms with Crippen molar-refractivity contribution in [1.82, 2.24) is 0 Å². The molecule has 0 saturated carbocycles. The summed E-state index contributed by atoms with van der Waals surface area (Å²) in [5, 5.41) is 11.3. The fourth-order valence-corrected chi connectivity index (χ4v) is 1.89. The molecule has 7 heteroatoms. The molecule has 0 fully saturated rings. The van der Waals surface area contributed by atoms with Crippen LogP contribution in [0.4, 0.5) is 5.69 Å². The molecule has 0 radical (unpaired) electrons. The van der Waals surface area contributed by atoms with Crippen molar-refractivity contribution in [2.45, 2.75) is 44.0 Å². The first kappa shape index (κ1) is 19.2. The second-order valence-corrected chi connectivity index (χ2v) is 6.40. The number of nitrogens with one attached hydrogen (secondary N) is 1. The Balaban J connectivity index is 2.46. The lowest BCUT2D eigenvalue weighted by Gasteiger charge is -2.12. The molecule has 1 amide bonds. The molecule has 126 valence electrons. The van der Waals surface area contributed by atoms with Gasteiger partial charge >= 0.3 is 11.9 Å². The number of carboxylic acid groups (broad SMARTS) is 1. The maximum atomic E-state index is 11.7. The molecule has 1 aromatic carbocycles. The van der Waals surface area contributed by atoms with Crippen LogP contribution in [0, 0.1) is 0 Å². The Bertz CT molecular complexity index is 559. The van der Waals surface area contributed by atoms with Gasteiger partial charge in [0.1, 0.15) is 6.61 Å². The maximum absolute atomic E-state index is 11.7. The molecule has 0 aliphatic heterocycles. The Morgan fingerprint density at radius 3 is 2.52 bits per heavy atom. The zero-order valence-electron chi connectivity index (χ0n) is 12.9. The van der Waals surface area contributed by atoms with Crippen molar-refractivity contribution < 1.29 is 24.2 Å². The summed E-state index contributed by atoms with van der Waals surface area (Å²) in [7, 11) is 0. The van der Waals surface area contributed by atoms with Gasteiger partial charge in [0.2, 0.25) is 5.91 Å². The number of esters is 1. The second kappa shape index (κ2) is 9.99. The van der Waals surface area contributed by atoms with Gasteiger partial charge in [-0.25, -0.2) is 0 Å². The zero-order valence-corrected chi connectivity index (χ0v) is 14.5. The molecule has 23 heavy (non-hydrogen) atoms. The predicted molar refractivity (Wildman–Crippen MR) is 89.4 cm³/mol. The third-order valence-corrected chi connectivity index (χ3v) is 3.46. The van der Waals surface area contributed by atoms with Crippen molar-refractivity contribution in [2.24, 2.45) is 0 Å². The van der Waals surface area contributed by atoms with Gasteiger partial charge in [-0.2, -0.15) is 0 Å². The van der Waals surface area contributed by atoms with Crippen LogP contribution in [0.3, 0.4) is 0 Å². The quantitative estimate of drug-likeness (QED) is 0.387. The lowest BCUT2D eigenvalue weighted by Crippen LogP contribution is -2.21. The minimum Gasteiger partial charge on any atom is -0.481 e. The number of anilines is 1. The number of hydrogen-bond acceptors (Lipinski definition) is 4. The number of para-hydroxylation sites is 1. The molecule has 0 spiro atoms. The molecule has 2 N–H and O–H groups in total. The lowest BCUT2D eigenvalue weighted by atomic mass is 10.2. The van der Waals surface area contributed by atoms with Gasteiger partial charge in [-0.3, -0.25) is 14.4 Å². The summed E-state index contributed by atoms with van der Waals surface area (Å²) in [5.41, 5.74) is 1.30. The second-order valence-electron chi connectivity index (χ2n) is 5.02. The van der Waals surface area contributed by atoms with Crippen LogP contribution in [0.25, 0.3) is 0 Å². The number of halogens is 1. The monoisotopic (exact) mass is 385 g/mol. The number of alkyl halides is 1. The van der Waals surface area contributed by atoms with Crippen molar-refractivity contribution in [2.75, 3.05) is 5.32 Å². The number of aliphatic carboxylic acids is 1. The number of ether oxygens (including phenoxy) is 1. The molecule has 0 bridgehead atoms. The average molecular weight is 386 g/mol. The van der Waals surface area contributed by atoms with Gasteiger partial charge in [0, 0.05) is 24.1 Å². The van der Waals surface area contributed by atoms with E-state index in [1.54, 1.807) is 31.2 Å². The predicted octanol–water partition coefficient (Wildman–Crippen LogP) is 3.10. The first-order chi connectivity index (χ1) is 10.9. The number of hydrogen-bond donors (Lipinski definition) is 2. The number of benzene rings is 1. The van der Waals surface area contributed by atoms with Gasteiger partial charge < -0.3 is 15.2 Å². The number of unbranched alkanes of at least 4 members (excludes halogenated alkanes) is 1. The summed E-state index contributed by atoms with van der Waals surface area (Å²) in [5.74, 6) is -1.44. The highest BCUT2D eigenvalue weighted by Crippen LogP contribution is 2.17. The van der Waals surface area contributed by atoms with Gasteiger partial charge in [-0.15, -0.1) is 0 Å². The minimum absolute atomic E-state index is 0.0485. The summed E-state index contributed by atoms with van der Waals surface area (Å²) in [6.07, 6.45) is 1.15. The normalized spacial score (nSPS) is 11.6. The van der Waals surface area contributed by atoms with E-state index < -0.39 is 5.97 Å². The van der Waals surface area contributed by atoms with E-state index in [1.807, 2.05) is 0 Å². The highest BCUT2D eigenvalue weighted by atomic mass is 79.9. The summed E-state index contributed by atoms with van der Waals surface area (Å²) >= 11 is 3.19. The van der Waals surface area contributed by atoms with E-state index in [0.717, 1.165) is 0 Å². The van der Waals surface area contributed by atoms with Crippen LogP contribution >= 0.6 is 15.9 Å². The van der Waals surface area contributed by atoms with E-state index >= 15 is 0 Å². The Labute approximate surface area is 143 Å². The summed E-state index contributed by atoms with van der Waals surface area (Å²) in [4.78, 5) is 33.4. The number of rotatable bonds is 9. The van der Waals surface area contributed by atoms with Crippen molar-refractivity contribution in [3.05, 3.63) is 29.8 Å². The molecule has 1 aromatic rings. The number of amides is 1. The zero-order chi connectivity index (χ0) is 17.2. The number of carbonyl (C=O) groups is 3. The van der Waals surface area contributed by atoms with Crippen LogP contribution in [-0.2, 0) is 25.7 Å². The first-order valence-electron chi connectivity index (χ1n) is 7.30. The molecular weight excluding hydrogens is 366 g/mol. The Morgan fingerprint density at radius 2 is 1.87 bits per heavy atom. The molecule has 0 aliphatic rings. The Kier molecular flexibility index (Phi) is 8.32. The molecular formula is C16H20BrNO5. The number of carboxylic acids is 1. The van der Waals surface area contributed by atoms with E-state index in [0.29, 0.717) is 24.1 Å². The average Bonchev–Trinajstić information content (AvgIpc) is 2.50. The molecule has 0 aromatic heterocycles. The summed E-state index contributed by atoms with van der Waals surface area (Å²) in [6.45, 7) is 1.78. The summed E-state index contributed by atoms with van der Waals surface area (Å²) < 4.78 is 5.17. The first-order valence-corrected chi connectivity index (χ1v) is 8.22. The minimum atomic E-state index is -0.871. The third-order valence-electron chi connectivity index (χ3n) is 3.05. The van der Waals surface area contributed by atoms with Crippen LogP contribution in [0.2, 0.25) is 0 Å². The van der Waals surface area contributed by atoms with Crippen molar-refractivity contribution in [1.29, 1.82) is 0 Å². The van der Waals surface area contributed by atoms with Crippen LogP contribution in [0.1, 0.15) is 38.2 Å². The molecule has 1 atom stereocenters. The van der Waals surface area contributed by atoms with Crippen molar-refractivity contribution in [3.63, 3.8) is 0 Å². The van der Waals surface area contributed by atoms with E-state index in [-0.39, 0.29) is 36.2 Å². The van der Waals surface area contributed by atoms with Crippen LogP contribution in [-0.4, -0.2) is 27.8 Å². The molecule has 1 rings (SSSR count). The van der Waals surface area contributed by atoms with Gasteiger partial charge in [0.05, 0.1) is 4.83 Å². The molecule has 0 heterocycles. The maximum Gasteiger partial charge on any atom is 0.306 e. The highest BCUT2D eigenvalue weighted by Gasteiger charge is 2.12. The van der Waals surface area contributed by atoms with Crippen molar-refractivity contribution in [3.8, 4) is 0 Å². The van der Waals surface area contributed by atoms with Crippen LogP contribution in [0.5, 0.6) is 0 Å². The Hall–Kier alpha value is -1.89. The SMILES string of the molecule is CC(Br)C(=O)Nc1ccccc1COC(=O)CCCCC(=O)O. The van der Waals surface area contributed by atoms with Crippen molar-refractivity contribution >= 4 is 39.5 Å².